The van der Waals surface area contributed by atoms with Crippen LogP contribution in [-0.4, -0.2) is 32.0 Å². The Kier molecular flexibility index (Phi) is 7.78. The molecule has 0 atom stereocenters. The van der Waals surface area contributed by atoms with E-state index in [2.05, 4.69) is 21.2 Å². The van der Waals surface area contributed by atoms with Crippen molar-refractivity contribution in [1.82, 2.24) is 0 Å². The fourth-order valence-corrected chi connectivity index (χ4v) is 5.03. The Morgan fingerprint density at radius 1 is 1.14 bits per heavy atom. The third-order valence-electron chi connectivity index (χ3n) is 4.99. The molecule has 1 aliphatic heterocycles. The number of halogens is 2. The van der Waals surface area contributed by atoms with Crippen molar-refractivity contribution < 1.29 is 27.1 Å². The molecule has 3 aromatic rings. The molecule has 13 heteroatoms. The molecule has 3 aromatic carbocycles. The Morgan fingerprint density at radius 2 is 1.81 bits per heavy atom. The Labute approximate surface area is 224 Å². The van der Waals surface area contributed by atoms with Crippen molar-refractivity contribution in [2.75, 3.05) is 16.8 Å². The molecule has 0 unspecified atom stereocenters. The molecule has 4 rings (SSSR count). The van der Waals surface area contributed by atoms with E-state index in [1.54, 1.807) is 24.3 Å². The van der Waals surface area contributed by atoms with Crippen LogP contribution in [0.15, 0.2) is 81.0 Å². The molecule has 1 saturated heterocycles. The predicted octanol–water partition coefficient (Wildman–Crippen LogP) is 4.31. The molecule has 0 bridgehead atoms. The molecule has 1 fully saturated rings. The van der Waals surface area contributed by atoms with Crippen molar-refractivity contribution in [1.29, 1.82) is 5.41 Å². The maximum absolute atomic E-state index is 13.3. The molecule has 2 amide bonds. The van der Waals surface area contributed by atoms with E-state index in [0.29, 0.717) is 27.2 Å². The van der Waals surface area contributed by atoms with Crippen LogP contribution < -0.4 is 20.1 Å². The van der Waals surface area contributed by atoms with Gasteiger partial charge in [-0.2, -0.15) is 0 Å². The molecule has 1 aliphatic rings. The highest BCUT2D eigenvalue weighted by atomic mass is 79.9. The molecule has 0 aromatic heterocycles. The number of thioether (sulfide) groups is 1. The number of ether oxygens (including phenoxy) is 1. The van der Waals surface area contributed by atoms with E-state index in [0.717, 1.165) is 11.8 Å². The van der Waals surface area contributed by atoms with Crippen LogP contribution in [0.25, 0.3) is 6.08 Å². The van der Waals surface area contributed by atoms with Gasteiger partial charge in [-0.15, -0.1) is 0 Å². The summed E-state index contributed by atoms with van der Waals surface area (Å²) < 4.78 is 42.4. The Hall–Kier alpha value is -3.52. The molecule has 0 radical (unpaired) electrons. The first-order valence-electron chi connectivity index (χ1n) is 10.4. The third kappa shape index (κ3) is 6.43. The molecular formula is C24H18BrFN4O5S2. The summed E-state index contributed by atoms with van der Waals surface area (Å²) in [6.07, 6.45) is 1.55. The number of amidine groups is 1. The molecule has 37 heavy (non-hydrogen) atoms. The topological polar surface area (TPSA) is 143 Å². The van der Waals surface area contributed by atoms with Gasteiger partial charge in [0.25, 0.3) is 11.8 Å². The molecule has 0 spiro atoms. The van der Waals surface area contributed by atoms with E-state index in [-0.39, 0.29) is 21.6 Å². The average molecular weight is 605 g/mol. The number of hydrogen-bond donors (Lipinski definition) is 3. The summed E-state index contributed by atoms with van der Waals surface area (Å²) in [6, 6.07) is 15.6. The van der Waals surface area contributed by atoms with Crippen LogP contribution in [-0.2, 0) is 19.6 Å². The second-order valence-corrected chi connectivity index (χ2v) is 11.1. The van der Waals surface area contributed by atoms with Crippen LogP contribution in [0.3, 0.4) is 0 Å². The summed E-state index contributed by atoms with van der Waals surface area (Å²) in [6.45, 7) is -0.368. The second-order valence-electron chi connectivity index (χ2n) is 7.62. The number of anilines is 2. The van der Waals surface area contributed by atoms with Crippen molar-refractivity contribution in [3.63, 3.8) is 0 Å². The molecular weight excluding hydrogens is 587 g/mol. The van der Waals surface area contributed by atoms with Gasteiger partial charge >= 0.3 is 0 Å². The first kappa shape index (κ1) is 26.5. The number of primary sulfonamides is 1. The van der Waals surface area contributed by atoms with Crippen molar-refractivity contribution in [2.45, 2.75) is 4.90 Å². The average Bonchev–Trinajstić information content (AvgIpc) is 3.11. The lowest BCUT2D eigenvalue weighted by atomic mass is 10.2. The minimum atomic E-state index is -3.84. The third-order valence-corrected chi connectivity index (χ3v) is 7.30. The fraction of sp³-hybridized carbons (Fsp3) is 0.0417. The SMILES string of the molecule is N=C1S/C(=C\c2cc(Br)ccc2OCC(=O)Nc2ccc(S(N)(=O)=O)cc2)C(=O)N1c1ccc(F)cc1. The van der Waals surface area contributed by atoms with E-state index in [1.807, 2.05) is 0 Å². The number of nitrogens with one attached hydrogen (secondary N) is 2. The maximum atomic E-state index is 13.3. The van der Waals surface area contributed by atoms with Gasteiger partial charge in [0.1, 0.15) is 11.6 Å². The van der Waals surface area contributed by atoms with Crippen molar-refractivity contribution in [2.24, 2.45) is 5.14 Å². The number of rotatable bonds is 7. The highest BCUT2D eigenvalue weighted by Gasteiger charge is 2.33. The van der Waals surface area contributed by atoms with E-state index in [9.17, 15) is 22.4 Å². The molecule has 190 valence electrons. The zero-order valence-electron chi connectivity index (χ0n) is 18.8. The van der Waals surface area contributed by atoms with Crippen LogP contribution in [0.4, 0.5) is 15.8 Å². The number of benzene rings is 3. The van der Waals surface area contributed by atoms with Gasteiger partial charge in [-0.3, -0.25) is 19.9 Å². The minimum absolute atomic E-state index is 0.0341. The van der Waals surface area contributed by atoms with E-state index in [1.165, 1.54) is 53.4 Å². The molecule has 0 saturated carbocycles. The quantitative estimate of drug-likeness (QED) is 0.343. The van der Waals surface area contributed by atoms with Gasteiger partial charge < -0.3 is 10.1 Å². The summed E-state index contributed by atoms with van der Waals surface area (Å²) in [4.78, 5) is 26.7. The van der Waals surface area contributed by atoms with E-state index < -0.39 is 27.7 Å². The van der Waals surface area contributed by atoms with Crippen LogP contribution in [0, 0.1) is 11.2 Å². The largest absolute Gasteiger partial charge is 0.483 e. The maximum Gasteiger partial charge on any atom is 0.271 e. The summed E-state index contributed by atoms with van der Waals surface area (Å²) in [5.41, 5.74) is 1.21. The Morgan fingerprint density at radius 3 is 2.46 bits per heavy atom. The second kappa shape index (κ2) is 10.8. The lowest BCUT2D eigenvalue weighted by molar-refractivity contribution is -0.118. The van der Waals surface area contributed by atoms with Gasteiger partial charge in [0.2, 0.25) is 10.0 Å². The summed E-state index contributed by atoms with van der Waals surface area (Å²) in [5, 5.41) is 15.8. The molecule has 0 aliphatic carbocycles. The molecule has 9 nitrogen and oxygen atoms in total. The number of carbonyl (C=O) groups excluding carboxylic acids is 2. The van der Waals surface area contributed by atoms with Gasteiger partial charge in [-0.1, -0.05) is 15.9 Å². The molecule has 4 N–H and O–H groups in total. The first-order chi connectivity index (χ1) is 17.5. The zero-order chi connectivity index (χ0) is 26.7. The van der Waals surface area contributed by atoms with Gasteiger partial charge in [0.15, 0.2) is 11.8 Å². The van der Waals surface area contributed by atoms with Crippen LogP contribution in [0.5, 0.6) is 5.75 Å². The number of amides is 2. The number of hydrogen-bond acceptors (Lipinski definition) is 7. The van der Waals surface area contributed by atoms with Gasteiger partial charge in [0.05, 0.1) is 15.5 Å². The smallest absolute Gasteiger partial charge is 0.271 e. The van der Waals surface area contributed by atoms with Crippen LogP contribution >= 0.6 is 27.7 Å². The number of carbonyl (C=O) groups is 2. The lowest BCUT2D eigenvalue weighted by Gasteiger charge is -2.14. The summed E-state index contributed by atoms with van der Waals surface area (Å²) in [5.74, 6) is -1.09. The van der Waals surface area contributed by atoms with Gasteiger partial charge in [-0.05, 0) is 84.6 Å². The highest BCUT2D eigenvalue weighted by Crippen LogP contribution is 2.37. The Bertz CT molecular complexity index is 1530. The van der Waals surface area contributed by atoms with E-state index in [4.69, 9.17) is 15.3 Å². The number of nitrogens with two attached hydrogens (primary N) is 1. The summed E-state index contributed by atoms with van der Waals surface area (Å²) >= 11 is 4.32. The molecule has 1 heterocycles. The van der Waals surface area contributed by atoms with Gasteiger partial charge in [-0.25, -0.2) is 17.9 Å². The van der Waals surface area contributed by atoms with Crippen LogP contribution in [0.1, 0.15) is 5.56 Å². The lowest BCUT2D eigenvalue weighted by Crippen LogP contribution is -2.28. The fourth-order valence-electron chi connectivity index (χ4n) is 3.28. The van der Waals surface area contributed by atoms with Crippen molar-refractivity contribution in [3.8, 4) is 5.75 Å². The summed E-state index contributed by atoms with van der Waals surface area (Å²) in [7, 11) is -3.84. The first-order valence-corrected chi connectivity index (χ1v) is 13.6. The normalized spacial score (nSPS) is 14.8. The predicted molar refractivity (Wildman–Crippen MR) is 143 cm³/mol. The van der Waals surface area contributed by atoms with Gasteiger partial charge in [0, 0.05) is 15.7 Å². The van der Waals surface area contributed by atoms with Crippen LogP contribution in [0.2, 0.25) is 0 Å². The number of nitrogens with zero attached hydrogens (tertiary/aromatic N) is 1. The zero-order valence-corrected chi connectivity index (χ0v) is 22.0. The van der Waals surface area contributed by atoms with E-state index >= 15 is 0 Å². The number of sulfonamides is 1. The van der Waals surface area contributed by atoms with Crippen molar-refractivity contribution in [3.05, 3.63) is 87.5 Å². The van der Waals surface area contributed by atoms with Crippen molar-refractivity contribution >= 4 is 72.1 Å². The standard InChI is InChI=1S/C24H18BrFN4O5S2/c25-15-1-10-20(35-13-22(31)29-17-4-8-19(9-5-17)37(28,33)34)14(11-15)12-21-23(32)30(24(27)36-21)18-6-2-16(26)3-7-18/h1-12,27H,13H2,(H,29,31)(H2,28,33,34)/b21-12-,27-24?. The monoisotopic (exact) mass is 604 g/mol. The minimum Gasteiger partial charge on any atom is -0.483 e. The Balaban J connectivity index is 1.48. The highest BCUT2D eigenvalue weighted by molar-refractivity contribution is 9.10.